The van der Waals surface area contributed by atoms with Crippen molar-refractivity contribution in [2.24, 2.45) is 0 Å². The monoisotopic (exact) mass is 278 g/mol. The lowest BCUT2D eigenvalue weighted by molar-refractivity contribution is -0.384. The summed E-state index contributed by atoms with van der Waals surface area (Å²) >= 11 is 0. The van der Waals surface area contributed by atoms with E-state index in [2.05, 4.69) is 0 Å². The Morgan fingerprint density at radius 1 is 1.20 bits per heavy atom. The van der Waals surface area contributed by atoms with Gasteiger partial charge in [-0.1, -0.05) is 0 Å². The van der Waals surface area contributed by atoms with Crippen molar-refractivity contribution in [3.8, 4) is 5.75 Å². The van der Waals surface area contributed by atoms with Gasteiger partial charge in [0, 0.05) is 25.0 Å². The molecule has 0 aromatic heterocycles. The molecule has 1 saturated heterocycles. The normalized spacial score (nSPS) is 14.5. The third kappa shape index (κ3) is 2.97. The number of hydrogen-bond acceptors (Lipinski definition) is 6. The number of nitro benzene ring substituents is 1. The van der Waals surface area contributed by atoms with E-state index in [0.717, 1.165) is 4.90 Å². The largest absolute Gasteiger partial charge is 0.425 e. The number of esters is 1. The molecule has 0 radical (unpaired) electrons. The van der Waals surface area contributed by atoms with E-state index in [9.17, 15) is 24.5 Å². The molecule has 8 nitrogen and oxygen atoms in total. The predicted molar refractivity (Wildman–Crippen MR) is 64.7 cm³/mol. The van der Waals surface area contributed by atoms with Crippen LogP contribution in [0, 0.1) is 10.1 Å². The molecule has 0 aliphatic carbocycles. The van der Waals surface area contributed by atoms with Crippen LogP contribution in [0.25, 0.3) is 0 Å². The zero-order valence-electron chi connectivity index (χ0n) is 10.3. The summed E-state index contributed by atoms with van der Waals surface area (Å²) < 4.78 is 4.90. The number of hydrogen-bond donors (Lipinski definition) is 0. The van der Waals surface area contributed by atoms with Crippen molar-refractivity contribution in [2.45, 2.75) is 12.8 Å². The Balaban J connectivity index is 1.96. The minimum Gasteiger partial charge on any atom is -0.425 e. The Morgan fingerprint density at radius 3 is 2.25 bits per heavy atom. The zero-order valence-corrected chi connectivity index (χ0v) is 10.3. The van der Waals surface area contributed by atoms with E-state index in [0.29, 0.717) is 0 Å². The summed E-state index contributed by atoms with van der Waals surface area (Å²) in [6.45, 7) is -0.450. The number of likely N-dealkylation sites (tertiary alicyclic amines) is 1. The van der Waals surface area contributed by atoms with E-state index in [4.69, 9.17) is 4.74 Å². The Bertz CT molecular complexity index is 564. The first-order valence-electron chi connectivity index (χ1n) is 5.75. The summed E-state index contributed by atoms with van der Waals surface area (Å²) in [5, 5.41) is 10.5. The number of rotatable bonds is 4. The fourth-order valence-corrected chi connectivity index (χ4v) is 1.73. The summed E-state index contributed by atoms with van der Waals surface area (Å²) in [5.74, 6) is -1.48. The van der Waals surface area contributed by atoms with Crippen LogP contribution in [0.5, 0.6) is 5.75 Å². The third-order valence-electron chi connectivity index (χ3n) is 2.72. The topological polar surface area (TPSA) is 107 Å². The number of carbonyl (C=O) groups excluding carboxylic acids is 3. The average Bonchev–Trinajstić information content (AvgIpc) is 2.71. The van der Waals surface area contributed by atoms with Gasteiger partial charge in [-0.2, -0.15) is 0 Å². The van der Waals surface area contributed by atoms with Crippen LogP contribution in [0.1, 0.15) is 12.8 Å². The molecule has 1 aromatic carbocycles. The first-order valence-corrected chi connectivity index (χ1v) is 5.75. The van der Waals surface area contributed by atoms with E-state index in [1.54, 1.807) is 0 Å². The van der Waals surface area contributed by atoms with Crippen LogP contribution < -0.4 is 4.74 Å². The summed E-state index contributed by atoms with van der Waals surface area (Å²) in [6.07, 6.45) is 0.202. The molecule has 2 amide bonds. The molecule has 1 fully saturated rings. The van der Waals surface area contributed by atoms with E-state index < -0.39 is 29.3 Å². The molecule has 1 heterocycles. The molecule has 8 heteroatoms. The first kappa shape index (κ1) is 13.7. The van der Waals surface area contributed by atoms with E-state index in [-0.39, 0.29) is 24.3 Å². The number of benzene rings is 1. The number of carbonyl (C=O) groups is 3. The molecule has 1 aliphatic heterocycles. The van der Waals surface area contributed by atoms with Crippen molar-refractivity contribution < 1.29 is 24.0 Å². The molecule has 0 unspecified atom stereocenters. The van der Waals surface area contributed by atoms with Crippen molar-refractivity contribution in [3.05, 3.63) is 34.4 Å². The van der Waals surface area contributed by atoms with Crippen molar-refractivity contribution >= 4 is 23.5 Å². The number of ether oxygens (including phenoxy) is 1. The van der Waals surface area contributed by atoms with Crippen LogP contribution >= 0.6 is 0 Å². The number of nitrogens with zero attached hydrogens (tertiary/aromatic N) is 2. The van der Waals surface area contributed by atoms with Crippen molar-refractivity contribution in [2.75, 3.05) is 6.54 Å². The van der Waals surface area contributed by atoms with E-state index >= 15 is 0 Å². The second-order valence-corrected chi connectivity index (χ2v) is 4.10. The van der Waals surface area contributed by atoms with Gasteiger partial charge in [-0.05, 0) is 12.1 Å². The van der Waals surface area contributed by atoms with Gasteiger partial charge in [-0.15, -0.1) is 0 Å². The van der Waals surface area contributed by atoms with Crippen LogP contribution in [0.4, 0.5) is 5.69 Å². The molecule has 0 atom stereocenters. The lowest BCUT2D eigenvalue weighted by atomic mass is 10.3. The molecule has 1 aliphatic rings. The fourth-order valence-electron chi connectivity index (χ4n) is 1.73. The lowest BCUT2D eigenvalue weighted by Gasteiger charge is -2.12. The van der Waals surface area contributed by atoms with E-state index in [1.165, 1.54) is 24.3 Å². The standard InChI is InChI=1S/C12H10N2O6/c15-10-5-6-11(16)13(10)7-12(17)20-9-3-1-8(2-4-9)14(18)19/h1-4H,5-7H2. The highest BCUT2D eigenvalue weighted by Gasteiger charge is 2.31. The summed E-state index contributed by atoms with van der Waals surface area (Å²) in [7, 11) is 0. The van der Waals surface area contributed by atoms with E-state index in [1.807, 2.05) is 0 Å². The fraction of sp³-hybridized carbons (Fsp3) is 0.250. The maximum atomic E-state index is 11.6. The van der Waals surface area contributed by atoms with Gasteiger partial charge >= 0.3 is 5.97 Å². The van der Waals surface area contributed by atoms with Crippen molar-refractivity contribution in [1.29, 1.82) is 0 Å². The maximum Gasteiger partial charge on any atom is 0.331 e. The second kappa shape index (κ2) is 5.47. The molecule has 0 N–H and O–H groups in total. The molecular formula is C12H10N2O6. The van der Waals surface area contributed by atoms with Gasteiger partial charge in [0.15, 0.2) is 0 Å². The zero-order chi connectivity index (χ0) is 14.7. The van der Waals surface area contributed by atoms with Gasteiger partial charge in [-0.3, -0.25) is 24.6 Å². The summed E-state index contributed by atoms with van der Waals surface area (Å²) in [4.78, 5) is 44.9. The minimum absolute atomic E-state index is 0.101. The van der Waals surface area contributed by atoms with Crippen molar-refractivity contribution in [1.82, 2.24) is 4.90 Å². The quantitative estimate of drug-likeness (QED) is 0.263. The molecule has 2 rings (SSSR count). The molecule has 20 heavy (non-hydrogen) atoms. The highest BCUT2D eigenvalue weighted by Crippen LogP contribution is 2.18. The van der Waals surface area contributed by atoms with Crippen LogP contribution in [0.2, 0.25) is 0 Å². The smallest absolute Gasteiger partial charge is 0.331 e. The van der Waals surface area contributed by atoms with Gasteiger partial charge < -0.3 is 4.74 Å². The summed E-state index contributed by atoms with van der Waals surface area (Å²) in [6, 6.07) is 4.91. The van der Waals surface area contributed by atoms with Gasteiger partial charge in [0.05, 0.1) is 4.92 Å². The Hall–Kier alpha value is -2.77. The highest BCUT2D eigenvalue weighted by molar-refractivity contribution is 6.04. The van der Waals surface area contributed by atoms with Gasteiger partial charge in [-0.25, -0.2) is 4.79 Å². The Kier molecular flexibility index (Phi) is 3.74. The maximum absolute atomic E-state index is 11.6. The minimum atomic E-state index is -0.776. The SMILES string of the molecule is O=C(CN1C(=O)CCC1=O)Oc1ccc([N+](=O)[O-])cc1. The van der Waals surface area contributed by atoms with Crippen molar-refractivity contribution in [3.63, 3.8) is 0 Å². The number of amides is 2. The van der Waals surface area contributed by atoms with Gasteiger partial charge in [0.2, 0.25) is 11.8 Å². The second-order valence-electron chi connectivity index (χ2n) is 4.10. The third-order valence-corrected chi connectivity index (χ3v) is 2.72. The Morgan fingerprint density at radius 2 is 1.75 bits per heavy atom. The van der Waals surface area contributed by atoms with Crippen LogP contribution in [0.15, 0.2) is 24.3 Å². The molecule has 0 spiro atoms. The first-order chi connectivity index (χ1) is 9.47. The van der Waals surface area contributed by atoms with Crippen LogP contribution in [0.3, 0.4) is 0 Å². The van der Waals surface area contributed by atoms with Crippen LogP contribution in [-0.2, 0) is 14.4 Å². The molecule has 104 valence electrons. The Labute approximate surface area is 113 Å². The molecule has 0 saturated carbocycles. The number of nitro groups is 1. The predicted octanol–water partition coefficient (Wildman–Crippen LogP) is 0.649. The molecular weight excluding hydrogens is 268 g/mol. The molecule has 0 bridgehead atoms. The average molecular weight is 278 g/mol. The van der Waals surface area contributed by atoms with Gasteiger partial charge in [0.25, 0.3) is 5.69 Å². The van der Waals surface area contributed by atoms with Gasteiger partial charge in [0.1, 0.15) is 12.3 Å². The highest BCUT2D eigenvalue weighted by atomic mass is 16.6. The number of imide groups is 1. The number of non-ortho nitro benzene ring substituents is 1. The van der Waals surface area contributed by atoms with Crippen LogP contribution in [-0.4, -0.2) is 34.2 Å². The molecule has 1 aromatic rings. The lowest BCUT2D eigenvalue weighted by Crippen LogP contribution is -2.36. The summed E-state index contributed by atoms with van der Waals surface area (Å²) in [5.41, 5.74) is -0.130.